The summed E-state index contributed by atoms with van der Waals surface area (Å²) in [5, 5.41) is 13.2. The fourth-order valence-corrected chi connectivity index (χ4v) is 1.64. The molecular weight excluding hydrogens is 279 g/mol. The highest BCUT2D eigenvalue weighted by atomic mass is 35.5. The van der Waals surface area contributed by atoms with Gasteiger partial charge in [0.25, 0.3) is 0 Å². The zero-order chi connectivity index (χ0) is 13.1. The van der Waals surface area contributed by atoms with Crippen molar-refractivity contribution in [3.8, 4) is 5.75 Å². The van der Waals surface area contributed by atoms with E-state index in [9.17, 15) is 4.79 Å². The van der Waals surface area contributed by atoms with Gasteiger partial charge in [0, 0.05) is 11.2 Å². The molecule has 0 amide bonds. The van der Waals surface area contributed by atoms with Gasteiger partial charge in [-0.3, -0.25) is 0 Å². The van der Waals surface area contributed by atoms with Crippen LogP contribution in [0.5, 0.6) is 5.75 Å². The Morgan fingerprint density at radius 3 is 2.56 bits per heavy atom. The molecule has 18 heavy (non-hydrogen) atoms. The maximum atomic E-state index is 10.7. The first-order valence-corrected chi connectivity index (χ1v) is 5.66. The van der Waals surface area contributed by atoms with E-state index in [1.54, 1.807) is 24.3 Å². The van der Waals surface area contributed by atoms with Gasteiger partial charge in [-0.05, 0) is 24.3 Å². The second-order valence-corrected chi connectivity index (χ2v) is 4.24. The molecule has 0 saturated heterocycles. The predicted octanol–water partition coefficient (Wildman–Crippen LogP) is 2.92. The number of hydrogen-bond donors (Lipinski definition) is 1. The van der Waals surface area contributed by atoms with E-state index in [0.717, 1.165) is 0 Å². The van der Waals surface area contributed by atoms with Crippen molar-refractivity contribution in [2.24, 2.45) is 0 Å². The Kier molecular flexibility index (Phi) is 3.74. The maximum Gasteiger partial charge on any atom is 0.357 e. The van der Waals surface area contributed by atoms with E-state index in [1.165, 1.54) is 10.9 Å². The molecule has 1 aromatic heterocycles. The highest BCUT2D eigenvalue weighted by Crippen LogP contribution is 2.17. The maximum absolute atomic E-state index is 10.7. The largest absolute Gasteiger partial charge is 0.476 e. The molecule has 0 saturated carbocycles. The third-order valence-electron chi connectivity index (χ3n) is 2.10. The second kappa shape index (κ2) is 5.29. The van der Waals surface area contributed by atoms with E-state index < -0.39 is 5.97 Å². The lowest BCUT2D eigenvalue weighted by Gasteiger charge is -2.05. The fraction of sp³-hybridized carbons (Fsp3) is 0.0909. The summed E-state index contributed by atoms with van der Waals surface area (Å²) < 4.78 is 6.69. The molecule has 0 aliphatic heterocycles. The van der Waals surface area contributed by atoms with Crippen LogP contribution in [-0.2, 0) is 6.73 Å². The first kappa shape index (κ1) is 12.7. The standard InChI is InChI=1S/C11H8Cl2N2O3/c12-7-1-3-8(4-2-7)18-6-15-5-9(13)10(14-15)11(16)17/h1-5H,6H2,(H,16,17). The average molecular weight is 287 g/mol. The molecule has 0 aliphatic rings. The number of carbonyl (C=O) groups is 1. The van der Waals surface area contributed by atoms with Crippen molar-refractivity contribution in [3.05, 3.63) is 46.2 Å². The molecule has 1 aromatic carbocycles. The highest BCUT2D eigenvalue weighted by Gasteiger charge is 2.13. The van der Waals surface area contributed by atoms with Crippen molar-refractivity contribution in [3.63, 3.8) is 0 Å². The van der Waals surface area contributed by atoms with Crippen LogP contribution < -0.4 is 4.74 Å². The van der Waals surface area contributed by atoms with Crippen LogP contribution in [0.3, 0.4) is 0 Å². The molecule has 94 valence electrons. The smallest absolute Gasteiger partial charge is 0.357 e. The summed E-state index contributed by atoms with van der Waals surface area (Å²) in [6, 6.07) is 6.78. The number of carboxylic acid groups (broad SMARTS) is 1. The Morgan fingerprint density at radius 1 is 1.33 bits per heavy atom. The molecule has 2 aromatic rings. The Morgan fingerprint density at radius 2 is 2.00 bits per heavy atom. The summed E-state index contributed by atoms with van der Waals surface area (Å²) in [6.45, 7) is 0.0641. The summed E-state index contributed by atoms with van der Waals surface area (Å²) in [6.07, 6.45) is 1.39. The van der Waals surface area contributed by atoms with Gasteiger partial charge in [-0.1, -0.05) is 23.2 Å². The van der Waals surface area contributed by atoms with Crippen molar-refractivity contribution >= 4 is 29.2 Å². The number of aromatic carboxylic acids is 1. The molecule has 0 radical (unpaired) electrons. The molecule has 1 heterocycles. The van der Waals surface area contributed by atoms with Crippen LogP contribution in [0.25, 0.3) is 0 Å². The fourth-order valence-electron chi connectivity index (χ4n) is 1.28. The van der Waals surface area contributed by atoms with E-state index in [2.05, 4.69) is 5.10 Å². The third kappa shape index (κ3) is 2.94. The first-order valence-electron chi connectivity index (χ1n) is 4.91. The van der Waals surface area contributed by atoms with E-state index in [1.807, 2.05) is 0 Å². The number of aromatic nitrogens is 2. The van der Waals surface area contributed by atoms with Gasteiger partial charge in [0.1, 0.15) is 5.75 Å². The van der Waals surface area contributed by atoms with Gasteiger partial charge in [-0.25, -0.2) is 9.48 Å². The second-order valence-electron chi connectivity index (χ2n) is 3.40. The zero-order valence-electron chi connectivity index (χ0n) is 9.01. The minimum Gasteiger partial charge on any atom is -0.476 e. The van der Waals surface area contributed by atoms with Crippen molar-refractivity contribution in [2.45, 2.75) is 6.73 Å². The van der Waals surface area contributed by atoms with Crippen LogP contribution in [0.15, 0.2) is 30.5 Å². The summed E-state index contributed by atoms with van der Waals surface area (Å²) in [5.74, 6) is -0.576. The lowest BCUT2D eigenvalue weighted by molar-refractivity contribution is 0.0688. The monoisotopic (exact) mass is 286 g/mol. The van der Waals surface area contributed by atoms with Gasteiger partial charge >= 0.3 is 5.97 Å². The summed E-state index contributed by atoms with van der Waals surface area (Å²) in [5.41, 5.74) is -0.198. The predicted molar refractivity (Wildman–Crippen MR) is 66.3 cm³/mol. The van der Waals surface area contributed by atoms with Crippen molar-refractivity contribution in [1.82, 2.24) is 9.78 Å². The van der Waals surface area contributed by atoms with Gasteiger partial charge < -0.3 is 9.84 Å². The molecule has 7 heteroatoms. The van der Waals surface area contributed by atoms with E-state index >= 15 is 0 Å². The molecule has 0 spiro atoms. The van der Waals surface area contributed by atoms with Gasteiger partial charge in [-0.2, -0.15) is 5.10 Å². The van der Waals surface area contributed by atoms with Gasteiger partial charge in [0.15, 0.2) is 12.4 Å². The Hall–Kier alpha value is -1.72. The number of hydrogen-bond acceptors (Lipinski definition) is 3. The highest BCUT2D eigenvalue weighted by molar-refractivity contribution is 6.33. The Balaban J connectivity index is 2.04. The number of benzene rings is 1. The van der Waals surface area contributed by atoms with Crippen LogP contribution in [0.1, 0.15) is 10.5 Å². The van der Waals surface area contributed by atoms with Crippen LogP contribution in [0.4, 0.5) is 0 Å². The normalized spacial score (nSPS) is 10.3. The van der Waals surface area contributed by atoms with Crippen molar-refractivity contribution < 1.29 is 14.6 Å². The zero-order valence-corrected chi connectivity index (χ0v) is 10.5. The lowest BCUT2D eigenvalue weighted by Crippen LogP contribution is -2.07. The minimum atomic E-state index is -1.18. The molecular formula is C11H8Cl2N2O3. The topological polar surface area (TPSA) is 64.3 Å². The van der Waals surface area contributed by atoms with Crippen LogP contribution in [-0.4, -0.2) is 20.9 Å². The molecule has 0 atom stereocenters. The Bertz CT molecular complexity index is 566. The molecule has 0 bridgehead atoms. The van der Waals surface area contributed by atoms with Gasteiger partial charge in [-0.15, -0.1) is 0 Å². The molecule has 0 fully saturated rings. The SMILES string of the molecule is O=C(O)c1nn(COc2ccc(Cl)cc2)cc1Cl. The van der Waals surface area contributed by atoms with E-state index in [0.29, 0.717) is 10.8 Å². The van der Waals surface area contributed by atoms with E-state index in [-0.39, 0.29) is 17.4 Å². The number of carboxylic acids is 1. The summed E-state index contributed by atoms with van der Waals surface area (Å²) in [4.78, 5) is 10.7. The molecule has 0 unspecified atom stereocenters. The third-order valence-corrected chi connectivity index (χ3v) is 2.63. The van der Waals surface area contributed by atoms with Crippen molar-refractivity contribution in [2.75, 3.05) is 0 Å². The number of rotatable bonds is 4. The molecule has 2 rings (SSSR count). The summed E-state index contributed by atoms with van der Waals surface area (Å²) in [7, 11) is 0. The van der Waals surface area contributed by atoms with Gasteiger partial charge in [0.2, 0.25) is 0 Å². The Labute approximate surface area is 113 Å². The molecule has 0 aliphatic carbocycles. The van der Waals surface area contributed by atoms with E-state index in [4.69, 9.17) is 33.0 Å². The van der Waals surface area contributed by atoms with Crippen LogP contribution in [0, 0.1) is 0 Å². The van der Waals surface area contributed by atoms with Gasteiger partial charge in [0.05, 0.1) is 5.02 Å². The number of ether oxygens (including phenoxy) is 1. The van der Waals surface area contributed by atoms with Crippen molar-refractivity contribution in [1.29, 1.82) is 0 Å². The number of halogens is 2. The lowest BCUT2D eigenvalue weighted by atomic mass is 10.3. The minimum absolute atomic E-state index is 0.0641. The average Bonchev–Trinajstić information content (AvgIpc) is 2.70. The quantitative estimate of drug-likeness (QED) is 0.939. The van der Waals surface area contributed by atoms with Crippen LogP contribution >= 0.6 is 23.2 Å². The van der Waals surface area contributed by atoms with Crippen LogP contribution in [0.2, 0.25) is 10.0 Å². The first-order chi connectivity index (χ1) is 8.56. The molecule has 1 N–H and O–H groups in total. The molecule has 5 nitrogen and oxygen atoms in total. The number of nitrogens with zero attached hydrogens (tertiary/aromatic N) is 2. The summed E-state index contributed by atoms with van der Waals surface area (Å²) >= 11 is 11.4.